The molecule has 7 heteroatoms. The number of rotatable bonds is 6. The fourth-order valence-corrected chi connectivity index (χ4v) is 2.58. The van der Waals surface area contributed by atoms with E-state index in [0.29, 0.717) is 17.5 Å². The molecule has 2 heterocycles. The minimum absolute atomic E-state index is 0.0306. The van der Waals surface area contributed by atoms with Gasteiger partial charge in [-0.2, -0.15) is 5.10 Å². The van der Waals surface area contributed by atoms with Gasteiger partial charge < -0.3 is 10.4 Å². The number of carbonyl (C=O) groups excluding carboxylic acids is 1. The molecule has 1 amide bonds. The molecule has 0 aliphatic carbocycles. The van der Waals surface area contributed by atoms with E-state index in [0.717, 1.165) is 11.1 Å². The van der Waals surface area contributed by atoms with E-state index in [9.17, 15) is 14.7 Å². The Balaban J connectivity index is 1.67. The molecule has 0 bridgehead atoms. The SMILES string of the molecule is Cc1ccc(CC(CNC(=O)c2[nH]nc3ncccc23)C(=O)O)cc1. The average molecular weight is 338 g/mol. The quantitative estimate of drug-likeness (QED) is 0.636. The number of nitrogens with one attached hydrogen (secondary N) is 2. The largest absolute Gasteiger partial charge is 0.481 e. The van der Waals surface area contributed by atoms with Crippen molar-refractivity contribution in [3.8, 4) is 0 Å². The first-order valence-electron chi connectivity index (χ1n) is 7.90. The molecule has 0 saturated carbocycles. The monoisotopic (exact) mass is 338 g/mol. The number of H-pyrrole nitrogens is 1. The number of aliphatic carboxylic acids is 1. The first kappa shape index (κ1) is 16.6. The molecule has 3 aromatic rings. The van der Waals surface area contributed by atoms with Crippen LogP contribution in [0.2, 0.25) is 0 Å². The summed E-state index contributed by atoms with van der Waals surface area (Å²) in [4.78, 5) is 27.9. The fourth-order valence-electron chi connectivity index (χ4n) is 2.58. The Morgan fingerprint density at radius 1 is 1.24 bits per heavy atom. The van der Waals surface area contributed by atoms with Gasteiger partial charge in [0.2, 0.25) is 0 Å². The third-order valence-electron chi connectivity index (χ3n) is 4.02. The van der Waals surface area contributed by atoms with Gasteiger partial charge >= 0.3 is 5.97 Å². The van der Waals surface area contributed by atoms with E-state index < -0.39 is 17.8 Å². The van der Waals surface area contributed by atoms with Gasteiger partial charge in [0.15, 0.2) is 5.65 Å². The number of hydrogen-bond donors (Lipinski definition) is 3. The molecule has 1 aromatic carbocycles. The van der Waals surface area contributed by atoms with Crippen molar-refractivity contribution in [2.45, 2.75) is 13.3 Å². The van der Waals surface area contributed by atoms with Crippen LogP contribution in [0.3, 0.4) is 0 Å². The van der Waals surface area contributed by atoms with Gasteiger partial charge in [-0.05, 0) is 31.0 Å². The Morgan fingerprint density at radius 3 is 2.72 bits per heavy atom. The van der Waals surface area contributed by atoms with E-state index in [1.807, 2.05) is 31.2 Å². The number of pyridine rings is 1. The zero-order chi connectivity index (χ0) is 17.8. The first-order chi connectivity index (χ1) is 12.0. The molecule has 1 unspecified atom stereocenters. The number of carboxylic acid groups (broad SMARTS) is 1. The normalized spacial score (nSPS) is 12.0. The lowest BCUT2D eigenvalue weighted by molar-refractivity contribution is -0.141. The Hall–Kier alpha value is -3.22. The maximum absolute atomic E-state index is 12.3. The van der Waals surface area contributed by atoms with Crippen LogP contribution in [0.5, 0.6) is 0 Å². The molecule has 3 rings (SSSR count). The summed E-state index contributed by atoms with van der Waals surface area (Å²) in [6, 6.07) is 11.1. The first-order valence-corrected chi connectivity index (χ1v) is 7.90. The molecule has 128 valence electrons. The van der Waals surface area contributed by atoms with Crippen LogP contribution in [0, 0.1) is 12.8 Å². The predicted octanol–water partition coefficient (Wildman–Crippen LogP) is 1.94. The minimum atomic E-state index is -0.947. The molecule has 2 aromatic heterocycles. The Kier molecular flexibility index (Phi) is 4.74. The van der Waals surface area contributed by atoms with Crippen LogP contribution >= 0.6 is 0 Å². The summed E-state index contributed by atoms with van der Waals surface area (Å²) in [5, 5.41) is 19.3. The smallest absolute Gasteiger partial charge is 0.308 e. The fraction of sp³-hybridized carbons (Fsp3) is 0.222. The summed E-state index contributed by atoms with van der Waals surface area (Å²) in [6.45, 7) is 2.01. The number of carboxylic acids is 1. The molecule has 25 heavy (non-hydrogen) atoms. The maximum atomic E-state index is 12.3. The maximum Gasteiger partial charge on any atom is 0.308 e. The second-order valence-electron chi connectivity index (χ2n) is 5.91. The third-order valence-corrected chi connectivity index (χ3v) is 4.02. The van der Waals surface area contributed by atoms with Gasteiger partial charge in [0.1, 0.15) is 5.69 Å². The highest BCUT2D eigenvalue weighted by Gasteiger charge is 2.21. The number of aromatic amines is 1. The zero-order valence-corrected chi connectivity index (χ0v) is 13.7. The summed E-state index contributed by atoms with van der Waals surface area (Å²) < 4.78 is 0. The van der Waals surface area contributed by atoms with Gasteiger partial charge in [-0.15, -0.1) is 0 Å². The second kappa shape index (κ2) is 7.12. The number of nitrogens with zero attached hydrogens (tertiary/aromatic N) is 2. The summed E-state index contributed by atoms with van der Waals surface area (Å²) in [5.41, 5.74) is 2.76. The predicted molar refractivity (Wildman–Crippen MR) is 92.2 cm³/mol. The Labute approximate surface area is 144 Å². The zero-order valence-electron chi connectivity index (χ0n) is 13.7. The van der Waals surface area contributed by atoms with Crippen LogP contribution in [-0.2, 0) is 11.2 Å². The van der Waals surface area contributed by atoms with Gasteiger partial charge in [0.05, 0.1) is 11.3 Å². The number of aryl methyl sites for hydroxylation is 1. The van der Waals surface area contributed by atoms with Crippen molar-refractivity contribution in [3.05, 3.63) is 59.4 Å². The minimum Gasteiger partial charge on any atom is -0.481 e. The van der Waals surface area contributed by atoms with Crippen molar-refractivity contribution in [1.29, 1.82) is 0 Å². The molecule has 0 aliphatic heterocycles. The molecule has 0 aliphatic rings. The Morgan fingerprint density at radius 2 is 2.00 bits per heavy atom. The number of aromatic nitrogens is 3. The van der Waals surface area contributed by atoms with E-state index in [-0.39, 0.29) is 12.2 Å². The number of carbonyl (C=O) groups is 2. The number of hydrogen-bond acceptors (Lipinski definition) is 4. The Bertz CT molecular complexity index is 902. The highest BCUT2D eigenvalue weighted by atomic mass is 16.4. The van der Waals surface area contributed by atoms with Crippen LogP contribution in [0.1, 0.15) is 21.6 Å². The summed E-state index contributed by atoms with van der Waals surface area (Å²) in [6.07, 6.45) is 1.94. The lowest BCUT2D eigenvalue weighted by Gasteiger charge is -2.13. The van der Waals surface area contributed by atoms with Gasteiger partial charge in [0, 0.05) is 12.7 Å². The van der Waals surface area contributed by atoms with Crippen molar-refractivity contribution in [2.24, 2.45) is 5.92 Å². The van der Waals surface area contributed by atoms with Crippen molar-refractivity contribution in [2.75, 3.05) is 6.54 Å². The molecule has 3 N–H and O–H groups in total. The van der Waals surface area contributed by atoms with Gasteiger partial charge in [-0.25, -0.2) is 4.98 Å². The van der Waals surface area contributed by atoms with Gasteiger partial charge in [-0.3, -0.25) is 14.7 Å². The van der Waals surface area contributed by atoms with Crippen molar-refractivity contribution in [3.63, 3.8) is 0 Å². The van der Waals surface area contributed by atoms with E-state index >= 15 is 0 Å². The second-order valence-corrected chi connectivity index (χ2v) is 5.91. The molecular formula is C18H18N4O3. The van der Waals surface area contributed by atoms with Gasteiger partial charge in [0.25, 0.3) is 5.91 Å². The molecular weight excluding hydrogens is 320 g/mol. The lowest BCUT2D eigenvalue weighted by atomic mass is 9.98. The van der Waals surface area contributed by atoms with E-state index in [1.54, 1.807) is 18.3 Å². The molecule has 1 atom stereocenters. The summed E-state index contributed by atoms with van der Waals surface area (Å²) in [7, 11) is 0. The summed E-state index contributed by atoms with van der Waals surface area (Å²) >= 11 is 0. The highest BCUT2D eigenvalue weighted by molar-refractivity contribution is 6.03. The number of fused-ring (bicyclic) bond motifs is 1. The van der Waals surface area contributed by atoms with Crippen LogP contribution in [0.25, 0.3) is 11.0 Å². The van der Waals surface area contributed by atoms with Crippen LogP contribution < -0.4 is 5.32 Å². The third kappa shape index (κ3) is 3.82. The standard InChI is InChI=1S/C18H18N4O3/c1-11-4-6-12(7-5-11)9-13(18(24)25)10-20-17(23)15-14-3-2-8-19-16(14)22-21-15/h2-8,13H,9-10H2,1H3,(H,20,23)(H,24,25)(H,19,21,22). The lowest BCUT2D eigenvalue weighted by Crippen LogP contribution is -2.34. The van der Waals surface area contributed by atoms with Crippen molar-refractivity contribution >= 4 is 22.9 Å². The van der Waals surface area contributed by atoms with Crippen molar-refractivity contribution < 1.29 is 14.7 Å². The van der Waals surface area contributed by atoms with Crippen LogP contribution in [0.4, 0.5) is 0 Å². The highest BCUT2D eigenvalue weighted by Crippen LogP contribution is 2.14. The average Bonchev–Trinajstić information content (AvgIpc) is 3.04. The van der Waals surface area contributed by atoms with Crippen molar-refractivity contribution in [1.82, 2.24) is 20.5 Å². The van der Waals surface area contributed by atoms with E-state index in [4.69, 9.17) is 0 Å². The van der Waals surface area contributed by atoms with E-state index in [1.165, 1.54) is 0 Å². The topological polar surface area (TPSA) is 108 Å². The van der Waals surface area contributed by atoms with E-state index in [2.05, 4.69) is 20.5 Å². The molecule has 7 nitrogen and oxygen atoms in total. The summed E-state index contributed by atoms with van der Waals surface area (Å²) in [5.74, 6) is -2.05. The van der Waals surface area contributed by atoms with Gasteiger partial charge in [-0.1, -0.05) is 29.8 Å². The molecule has 0 fully saturated rings. The van der Waals surface area contributed by atoms with Crippen LogP contribution in [-0.4, -0.2) is 38.7 Å². The molecule has 0 spiro atoms. The van der Waals surface area contributed by atoms with Crippen LogP contribution in [0.15, 0.2) is 42.6 Å². The molecule has 0 radical (unpaired) electrons. The number of benzene rings is 1. The number of amides is 1. The molecule has 0 saturated heterocycles.